The first-order valence-corrected chi connectivity index (χ1v) is 5.74. The molecule has 0 aliphatic heterocycles. The summed E-state index contributed by atoms with van der Waals surface area (Å²) in [5.41, 5.74) is 5.60. The quantitative estimate of drug-likeness (QED) is 0.505. The van der Waals surface area contributed by atoms with E-state index in [-0.39, 0.29) is 6.17 Å². The topological polar surface area (TPSA) is 47.7 Å². The first-order chi connectivity index (χ1) is 6.13. The third kappa shape index (κ3) is 7.15. The van der Waals surface area contributed by atoms with E-state index in [9.17, 15) is 0 Å². The Labute approximate surface area is 83.4 Å². The van der Waals surface area contributed by atoms with Crippen LogP contribution >= 0.6 is 0 Å². The monoisotopic (exact) mass is 206 g/mol. The second kappa shape index (κ2) is 7.46. The highest BCUT2D eigenvalue weighted by molar-refractivity contribution is 6.17. The minimum absolute atomic E-state index is 0.238. The summed E-state index contributed by atoms with van der Waals surface area (Å²) in [6.07, 6.45) is 2.93. The van der Waals surface area contributed by atoms with Crippen LogP contribution < -0.4 is 5.73 Å². The predicted octanol–water partition coefficient (Wildman–Crippen LogP) is -0.337. The number of rotatable bonds is 4. The lowest BCUT2D eigenvalue weighted by molar-refractivity contribution is 0.253. The van der Waals surface area contributed by atoms with E-state index in [4.69, 9.17) is 5.73 Å². The molecule has 1 unspecified atom stereocenters. The molecule has 0 heterocycles. The van der Waals surface area contributed by atoms with Crippen molar-refractivity contribution in [2.24, 2.45) is 5.73 Å². The van der Waals surface area contributed by atoms with Crippen molar-refractivity contribution in [1.82, 2.24) is 4.90 Å². The Morgan fingerprint density at radius 2 is 1.85 bits per heavy atom. The molecular weight excluding hydrogens is 184 g/mol. The van der Waals surface area contributed by atoms with Crippen LogP contribution in [0, 0.1) is 0 Å². The lowest BCUT2D eigenvalue weighted by Crippen LogP contribution is -2.37. The van der Waals surface area contributed by atoms with Crippen LogP contribution in [0.5, 0.6) is 0 Å². The van der Waals surface area contributed by atoms with E-state index >= 15 is 0 Å². The largest absolute Gasteiger partial charge is 0.402 e. The Morgan fingerprint density at radius 3 is 1.92 bits per heavy atom. The summed E-state index contributed by atoms with van der Waals surface area (Å²) in [4.78, 5) is 2.22. The standard InChI is InChI=1S/C6H14N2.C2H8O2Si/c1-5(7)8(2)6-3-4-6;1-3-5-4-2/h5-6H,3-4,7H2,1-2H3;5H2,1-2H3. The van der Waals surface area contributed by atoms with Crippen molar-refractivity contribution in [3.05, 3.63) is 0 Å². The van der Waals surface area contributed by atoms with E-state index in [0.29, 0.717) is 0 Å². The number of hydrogen-bond acceptors (Lipinski definition) is 4. The molecule has 4 nitrogen and oxygen atoms in total. The summed E-state index contributed by atoms with van der Waals surface area (Å²) in [6.45, 7) is 2.03. The maximum Gasteiger partial charge on any atom is 0.303 e. The van der Waals surface area contributed by atoms with Crippen molar-refractivity contribution >= 4 is 10.0 Å². The molecule has 1 rings (SSSR count). The van der Waals surface area contributed by atoms with Gasteiger partial charge < -0.3 is 14.6 Å². The van der Waals surface area contributed by atoms with Gasteiger partial charge in [0.15, 0.2) is 0 Å². The molecule has 13 heavy (non-hydrogen) atoms. The Kier molecular flexibility index (Phi) is 7.49. The van der Waals surface area contributed by atoms with Gasteiger partial charge in [0.2, 0.25) is 0 Å². The molecule has 1 aliphatic carbocycles. The lowest BCUT2D eigenvalue weighted by atomic mass is 10.5. The molecule has 0 aromatic heterocycles. The lowest BCUT2D eigenvalue weighted by Gasteiger charge is -2.19. The Hall–Kier alpha value is 0.0569. The molecular formula is C8H22N2O2Si. The van der Waals surface area contributed by atoms with E-state index in [1.54, 1.807) is 14.2 Å². The highest BCUT2D eigenvalue weighted by Crippen LogP contribution is 2.25. The average Bonchev–Trinajstić information content (AvgIpc) is 2.88. The molecule has 80 valence electrons. The number of nitrogens with two attached hydrogens (primary N) is 1. The van der Waals surface area contributed by atoms with Crippen LogP contribution in [0.25, 0.3) is 0 Å². The Balaban J connectivity index is 0.000000252. The second-order valence-electron chi connectivity index (χ2n) is 3.33. The summed E-state index contributed by atoms with van der Waals surface area (Å²) in [5, 5.41) is 0. The fraction of sp³-hybridized carbons (Fsp3) is 1.00. The minimum Gasteiger partial charge on any atom is -0.402 e. The van der Waals surface area contributed by atoms with Crippen LogP contribution in [0.15, 0.2) is 0 Å². The van der Waals surface area contributed by atoms with Gasteiger partial charge in [-0.2, -0.15) is 0 Å². The van der Waals surface area contributed by atoms with Crippen molar-refractivity contribution in [3.8, 4) is 0 Å². The van der Waals surface area contributed by atoms with E-state index in [2.05, 4.69) is 20.8 Å². The number of hydrogen-bond donors (Lipinski definition) is 1. The first-order valence-electron chi connectivity index (χ1n) is 4.58. The van der Waals surface area contributed by atoms with Crippen LogP contribution in [0.3, 0.4) is 0 Å². The van der Waals surface area contributed by atoms with Crippen LogP contribution in [-0.2, 0) is 8.85 Å². The fourth-order valence-corrected chi connectivity index (χ4v) is 1.17. The Bertz CT molecular complexity index is 117. The van der Waals surface area contributed by atoms with Gasteiger partial charge in [-0.3, -0.25) is 4.90 Å². The highest BCUT2D eigenvalue weighted by atomic mass is 28.3. The summed E-state index contributed by atoms with van der Waals surface area (Å²) < 4.78 is 9.22. The summed E-state index contributed by atoms with van der Waals surface area (Å²) in [7, 11) is 4.81. The van der Waals surface area contributed by atoms with Crippen molar-refractivity contribution in [2.45, 2.75) is 32.0 Å². The van der Waals surface area contributed by atoms with Gasteiger partial charge in [-0.1, -0.05) is 0 Å². The van der Waals surface area contributed by atoms with Gasteiger partial charge in [0.05, 0.1) is 6.17 Å². The van der Waals surface area contributed by atoms with Gasteiger partial charge in [0.1, 0.15) is 0 Å². The van der Waals surface area contributed by atoms with Gasteiger partial charge in [-0.05, 0) is 26.8 Å². The van der Waals surface area contributed by atoms with Gasteiger partial charge in [-0.15, -0.1) is 0 Å². The zero-order valence-corrected chi connectivity index (χ0v) is 10.5. The fourth-order valence-electron chi connectivity index (χ4n) is 0.932. The van der Waals surface area contributed by atoms with Gasteiger partial charge >= 0.3 is 10.0 Å². The summed E-state index contributed by atoms with van der Waals surface area (Å²) in [6, 6.07) is 0.801. The van der Waals surface area contributed by atoms with E-state index in [1.807, 2.05) is 6.92 Å². The van der Waals surface area contributed by atoms with Crippen LogP contribution in [0.2, 0.25) is 0 Å². The molecule has 0 aromatic carbocycles. The maximum atomic E-state index is 5.60. The second-order valence-corrected chi connectivity index (χ2v) is 4.72. The van der Waals surface area contributed by atoms with Crippen LogP contribution in [0.1, 0.15) is 19.8 Å². The average molecular weight is 206 g/mol. The predicted molar refractivity (Wildman–Crippen MR) is 57.0 cm³/mol. The van der Waals surface area contributed by atoms with Crippen LogP contribution in [-0.4, -0.2) is 48.4 Å². The molecule has 1 aliphatic rings. The molecule has 1 atom stereocenters. The highest BCUT2D eigenvalue weighted by Gasteiger charge is 2.27. The van der Waals surface area contributed by atoms with Gasteiger partial charge in [0.25, 0.3) is 0 Å². The molecule has 0 saturated heterocycles. The normalized spacial score (nSPS) is 18.0. The molecule has 1 saturated carbocycles. The van der Waals surface area contributed by atoms with Gasteiger partial charge in [0, 0.05) is 20.3 Å². The third-order valence-corrected chi connectivity index (χ3v) is 2.47. The third-order valence-electron chi connectivity index (χ3n) is 2.00. The summed E-state index contributed by atoms with van der Waals surface area (Å²) >= 11 is 0. The Morgan fingerprint density at radius 1 is 1.38 bits per heavy atom. The molecule has 5 heteroatoms. The van der Waals surface area contributed by atoms with Gasteiger partial charge in [-0.25, -0.2) is 0 Å². The summed E-state index contributed by atoms with van der Waals surface area (Å²) in [5.74, 6) is 0. The molecule has 0 spiro atoms. The SMILES string of the molecule is CC(N)N(C)C1CC1.CO[SiH2]OC. The van der Waals surface area contributed by atoms with E-state index in [0.717, 1.165) is 6.04 Å². The van der Waals surface area contributed by atoms with Crippen LogP contribution in [0.4, 0.5) is 0 Å². The zero-order valence-electron chi connectivity index (χ0n) is 9.12. The first kappa shape index (κ1) is 13.1. The maximum absolute atomic E-state index is 5.60. The van der Waals surface area contributed by atoms with Crippen molar-refractivity contribution in [2.75, 3.05) is 21.3 Å². The molecule has 0 bridgehead atoms. The molecule has 0 amide bonds. The smallest absolute Gasteiger partial charge is 0.303 e. The molecule has 1 fully saturated rings. The van der Waals surface area contributed by atoms with E-state index < -0.39 is 10.0 Å². The van der Waals surface area contributed by atoms with Crippen molar-refractivity contribution < 1.29 is 8.85 Å². The van der Waals surface area contributed by atoms with Crippen molar-refractivity contribution in [1.29, 1.82) is 0 Å². The zero-order chi connectivity index (χ0) is 10.3. The van der Waals surface area contributed by atoms with E-state index in [1.165, 1.54) is 12.8 Å². The molecule has 0 aromatic rings. The number of nitrogens with zero attached hydrogens (tertiary/aromatic N) is 1. The molecule has 2 N–H and O–H groups in total. The molecule has 0 radical (unpaired) electrons. The minimum atomic E-state index is -0.568. The van der Waals surface area contributed by atoms with Crippen molar-refractivity contribution in [3.63, 3.8) is 0 Å².